The van der Waals surface area contributed by atoms with Crippen LogP contribution in [0.15, 0.2) is 61.1 Å². The van der Waals surface area contributed by atoms with Gasteiger partial charge in [-0.25, -0.2) is 9.97 Å². The SMILES string of the molecule is CNCCOc1cc(Nc2ncnc3cc(-c4ncccc4C(F)(F)F)ccc23)ccc1C(C)(C)C. The minimum absolute atomic E-state index is 0.105. The number of nitrogens with zero attached hydrogens (tertiary/aromatic N) is 3. The van der Waals surface area contributed by atoms with Gasteiger partial charge in [-0.05, 0) is 48.4 Å². The van der Waals surface area contributed by atoms with Crippen LogP contribution in [0, 0.1) is 0 Å². The van der Waals surface area contributed by atoms with Crippen molar-refractivity contribution in [3.63, 3.8) is 0 Å². The summed E-state index contributed by atoms with van der Waals surface area (Å²) in [6.07, 6.45) is -1.78. The van der Waals surface area contributed by atoms with Crippen molar-refractivity contribution in [1.29, 1.82) is 0 Å². The number of anilines is 2. The first-order valence-electron chi connectivity index (χ1n) is 11.5. The maximum atomic E-state index is 13.5. The second-order valence-electron chi connectivity index (χ2n) is 9.39. The van der Waals surface area contributed by atoms with Gasteiger partial charge < -0.3 is 15.4 Å². The standard InChI is InChI=1S/C27H28F3N5O/c1-26(2,3)20-10-8-18(15-23(20)36-13-12-31-4)35-25-19-9-7-17(14-22(19)33-16-34-25)24-21(27(28,29)30)6-5-11-32-24/h5-11,14-16,31H,12-13H2,1-4H3,(H,33,34,35). The molecule has 36 heavy (non-hydrogen) atoms. The first-order valence-corrected chi connectivity index (χ1v) is 11.5. The molecule has 0 aliphatic carbocycles. The lowest BCUT2D eigenvalue weighted by molar-refractivity contribution is -0.137. The van der Waals surface area contributed by atoms with Crippen molar-refractivity contribution in [2.45, 2.75) is 32.4 Å². The molecule has 6 nitrogen and oxygen atoms in total. The number of rotatable bonds is 7. The van der Waals surface area contributed by atoms with Crippen LogP contribution in [0.3, 0.4) is 0 Å². The van der Waals surface area contributed by atoms with Crippen LogP contribution in [-0.2, 0) is 11.6 Å². The van der Waals surface area contributed by atoms with Crippen LogP contribution in [0.1, 0.15) is 31.9 Å². The van der Waals surface area contributed by atoms with Crippen LogP contribution >= 0.6 is 0 Å². The van der Waals surface area contributed by atoms with Crippen LogP contribution in [-0.4, -0.2) is 35.2 Å². The molecule has 0 aliphatic rings. The number of fused-ring (bicyclic) bond motifs is 1. The second-order valence-corrected chi connectivity index (χ2v) is 9.39. The molecule has 2 aromatic heterocycles. The zero-order valence-electron chi connectivity index (χ0n) is 20.6. The number of likely N-dealkylation sites (N-methyl/N-ethyl adjacent to an activating group) is 1. The molecular weight excluding hydrogens is 467 g/mol. The molecule has 2 aromatic carbocycles. The molecule has 2 heterocycles. The topological polar surface area (TPSA) is 72.0 Å². The fourth-order valence-corrected chi connectivity index (χ4v) is 3.91. The van der Waals surface area contributed by atoms with Crippen LogP contribution in [0.25, 0.3) is 22.2 Å². The average molecular weight is 496 g/mol. The Kier molecular flexibility index (Phi) is 7.12. The lowest BCUT2D eigenvalue weighted by Crippen LogP contribution is -2.19. The molecular formula is C27H28F3N5O. The highest BCUT2D eigenvalue weighted by molar-refractivity contribution is 5.93. The molecule has 0 fully saturated rings. The molecule has 2 N–H and O–H groups in total. The average Bonchev–Trinajstić information content (AvgIpc) is 2.83. The molecule has 0 spiro atoms. The van der Waals surface area contributed by atoms with Crippen molar-refractivity contribution in [1.82, 2.24) is 20.3 Å². The van der Waals surface area contributed by atoms with Crippen LogP contribution in [0.5, 0.6) is 5.75 Å². The normalized spacial score (nSPS) is 12.1. The summed E-state index contributed by atoms with van der Waals surface area (Å²) in [5.74, 6) is 1.31. The number of hydrogen-bond donors (Lipinski definition) is 2. The Hall–Kier alpha value is -3.72. The first kappa shape index (κ1) is 25.4. The Balaban J connectivity index is 1.69. The highest BCUT2D eigenvalue weighted by atomic mass is 19.4. The molecule has 4 aromatic rings. The number of ether oxygens (including phenoxy) is 1. The Morgan fingerprint density at radius 2 is 1.72 bits per heavy atom. The van der Waals surface area contributed by atoms with E-state index in [1.165, 1.54) is 18.6 Å². The number of alkyl halides is 3. The molecule has 9 heteroatoms. The van der Waals surface area contributed by atoms with Gasteiger partial charge in [-0.1, -0.05) is 32.9 Å². The van der Waals surface area contributed by atoms with Crippen molar-refractivity contribution in [2.75, 3.05) is 25.5 Å². The van der Waals surface area contributed by atoms with Gasteiger partial charge in [0.2, 0.25) is 0 Å². The summed E-state index contributed by atoms with van der Waals surface area (Å²) in [6, 6.07) is 13.1. The number of halogens is 3. The Morgan fingerprint density at radius 3 is 2.44 bits per heavy atom. The van der Waals surface area contributed by atoms with Gasteiger partial charge in [0.25, 0.3) is 0 Å². The van der Waals surface area contributed by atoms with Gasteiger partial charge in [0.15, 0.2) is 0 Å². The molecule has 0 saturated heterocycles. The van der Waals surface area contributed by atoms with Gasteiger partial charge in [-0.2, -0.15) is 13.2 Å². The lowest BCUT2D eigenvalue weighted by atomic mass is 9.86. The molecule has 0 aliphatic heterocycles. The van der Waals surface area contributed by atoms with Crippen molar-refractivity contribution in [2.24, 2.45) is 0 Å². The maximum absolute atomic E-state index is 13.5. The third-order valence-corrected chi connectivity index (χ3v) is 5.69. The lowest BCUT2D eigenvalue weighted by Gasteiger charge is -2.24. The summed E-state index contributed by atoms with van der Waals surface area (Å²) in [5.41, 5.74) is 1.65. The molecule has 0 radical (unpaired) electrons. The monoisotopic (exact) mass is 495 g/mol. The molecule has 0 atom stereocenters. The predicted molar refractivity (Wildman–Crippen MR) is 136 cm³/mol. The smallest absolute Gasteiger partial charge is 0.418 e. The van der Waals surface area contributed by atoms with Crippen molar-refractivity contribution in [3.05, 3.63) is 72.2 Å². The zero-order valence-corrected chi connectivity index (χ0v) is 20.6. The minimum atomic E-state index is -4.51. The van der Waals surface area contributed by atoms with E-state index in [-0.39, 0.29) is 11.1 Å². The number of benzene rings is 2. The summed E-state index contributed by atoms with van der Waals surface area (Å²) in [7, 11) is 1.87. The van der Waals surface area contributed by atoms with E-state index in [9.17, 15) is 13.2 Å². The van der Waals surface area contributed by atoms with E-state index in [0.717, 1.165) is 23.1 Å². The molecule has 0 amide bonds. The van der Waals surface area contributed by atoms with Gasteiger partial charge in [0.1, 0.15) is 24.5 Å². The van der Waals surface area contributed by atoms with E-state index < -0.39 is 11.7 Å². The maximum Gasteiger partial charge on any atom is 0.418 e. The van der Waals surface area contributed by atoms with Crippen molar-refractivity contribution in [3.8, 4) is 17.0 Å². The summed E-state index contributed by atoms with van der Waals surface area (Å²) in [6.45, 7) is 7.62. The molecule has 0 saturated carbocycles. The molecule has 0 bridgehead atoms. The van der Waals surface area contributed by atoms with E-state index in [2.05, 4.69) is 46.4 Å². The third-order valence-electron chi connectivity index (χ3n) is 5.69. The number of aromatic nitrogens is 3. The van der Waals surface area contributed by atoms with E-state index in [4.69, 9.17) is 4.74 Å². The summed E-state index contributed by atoms with van der Waals surface area (Å²) >= 11 is 0. The zero-order chi connectivity index (χ0) is 25.9. The Labute approximate surface area is 208 Å². The van der Waals surface area contributed by atoms with E-state index in [0.29, 0.717) is 35.4 Å². The van der Waals surface area contributed by atoms with Gasteiger partial charge in [0, 0.05) is 35.4 Å². The number of hydrogen-bond acceptors (Lipinski definition) is 6. The third kappa shape index (κ3) is 5.57. The van der Waals surface area contributed by atoms with E-state index >= 15 is 0 Å². The predicted octanol–water partition coefficient (Wildman–Crippen LogP) is 6.35. The van der Waals surface area contributed by atoms with Crippen LogP contribution < -0.4 is 15.4 Å². The van der Waals surface area contributed by atoms with Gasteiger partial charge in [0.05, 0.1) is 16.8 Å². The van der Waals surface area contributed by atoms with Gasteiger partial charge >= 0.3 is 6.18 Å². The van der Waals surface area contributed by atoms with Crippen LogP contribution in [0.4, 0.5) is 24.7 Å². The van der Waals surface area contributed by atoms with E-state index in [1.807, 2.05) is 25.2 Å². The fourth-order valence-electron chi connectivity index (χ4n) is 3.91. The van der Waals surface area contributed by atoms with Crippen LogP contribution in [0.2, 0.25) is 0 Å². The minimum Gasteiger partial charge on any atom is -0.492 e. The second kappa shape index (κ2) is 10.1. The summed E-state index contributed by atoms with van der Waals surface area (Å²) in [5, 5.41) is 7.05. The Morgan fingerprint density at radius 1 is 0.917 bits per heavy atom. The van der Waals surface area contributed by atoms with E-state index in [1.54, 1.807) is 18.2 Å². The molecule has 188 valence electrons. The summed E-state index contributed by atoms with van der Waals surface area (Å²) < 4.78 is 46.5. The highest BCUT2D eigenvalue weighted by Gasteiger charge is 2.34. The Bertz CT molecular complexity index is 1370. The number of nitrogens with one attached hydrogen (secondary N) is 2. The first-order chi connectivity index (χ1) is 17.1. The fraction of sp³-hybridized carbons (Fsp3) is 0.296. The molecule has 4 rings (SSSR count). The quantitative estimate of drug-likeness (QED) is 0.291. The number of pyridine rings is 1. The largest absolute Gasteiger partial charge is 0.492 e. The van der Waals surface area contributed by atoms with Gasteiger partial charge in [-0.15, -0.1) is 0 Å². The van der Waals surface area contributed by atoms with Crippen molar-refractivity contribution < 1.29 is 17.9 Å². The highest BCUT2D eigenvalue weighted by Crippen LogP contribution is 2.38. The van der Waals surface area contributed by atoms with Crippen molar-refractivity contribution >= 4 is 22.4 Å². The molecule has 0 unspecified atom stereocenters. The summed E-state index contributed by atoms with van der Waals surface area (Å²) in [4.78, 5) is 12.6. The van der Waals surface area contributed by atoms with Gasteiger partial charge in [-0.3, -0.25) is 4.98 Å².